The SMILES string of the molecule is CC(C)(C)c1ccc(-c2nnc(C(F)(F)F)o2)cc1. The smallest absolute Gasteiger partial charge is 0.413 e. The largest absolute Gasteiger partial charge is 0.470 e. The zero-order chi connectivity index (χ0) is 14.3. The topological polar surface area (TPSA) is 38.9 Å². The van der Waals surface area contributed by atoms with Crippen LogP contribution in [0.4, 0.5) is 13.2 Å². The van der Waals surface area contributed by atoms with Crippen LogP contribution in [0.2, 0.25) is 0 Å². The first-order valence-corrected chi connectivity index (χ1v) is 5.69. The molecule has 0 unspecified atom stereocenters. The molecule has 1 aromatic carbocycles. The third-order valence-corrected chi connectivity index (χ3v) is 2.67. The monoisotopic (exact) mass is 270 g/mol. The van der Waals surface area contributed by atoms with E-state index in [1.807, 2.05) is 12.1 Å². The van der Waals surface area contributed by atoms with Crippen LogP contribution in [0.1, 0.15) is 32.2 Å². The van der Waals surface area contributed by atoms with E-state index in [9.17, 15) is 13.2 Å². The predicted octanol–water partition coefficient (Wildman–Crippen LogP) is 4.05. The van der Waals surface area contributed by atoms with Crippen molar-refractivity contribution in [2.24, 2.45) is 0 Å². The predicted molar refractivity (Wildman–Crippen MR) is 63.4 cm³/mol. The van der Waals surface area contributed by atoms with Gasteiger partial charge in [-0.3, -0.25) is 0 Å². The molecule has 3 nitrogen and oxygen atoms in total. The van der Waals surface area contributed by atoms with Gasteiger partial charge in [0.15, 0.2) is 0 Å². The minimum absolute atomic E-state index is 0.0233. The molecule has 6 heteroatoms. The Hall–Kier alpha value is -1.85. The number of hydrogen-bond acceptors (Lipinski definition) is 3. The van der Waals surface area contributed by atoms with Gasteiger partial charge in [0, 0.05) is 5.56 Å². The molecule has 0 aliphatic heterocycles. The van der Waals surface area contributed by atoms with Crippen molar-refractivity contribution in [1.82, 2.24) is 10.2 Å². The Morgan fingerprint density at radius 3 is 1.95 bits per heavy atom. The molecule has 2 rings (SSSR count). The molecule has 0 aliphatic rings. The Labute approximate surface area is 108 Å². The van der Waals surface area contributed by atoms with Gasteiger partial charge in [-0.15, -0.1) is 10.2 Å². The Kier molecular flexibility index (Phi) is 3.12. The molecule has 0 N–H and O–H groups in total. The van der Waals surface area contributed by atoms with Crippen molar-refractivity contribution in [3.63, 3.8) is 0 Å². The Morgan fingerprint density at radius 1 is 0.947 bits per heavy atom. The summed E-state index contributed by atoms with van der Waals surface area (Å²) >= 11 is 0. The van der Waals surface area contributed by atoms with E-state index in [1.165, 1.54) is 0 Å². The van der Waals surface area contributed by atoms with Crippen LogP contribution in [0, 0.1) is 0 Å². The van der Waals surface area contributed by atoms with Gasteiger partial charge in [0.05, 0.1) is 0 Å². The fourth-order valence-electron chi connectivity index (χ4n) is 1.57. The van der Waals surface area contributed by atoms with Gasteiger partial charge < -0.3 is 4.42 Å². The lowest BCUT2D eigenvalue weighted by atomic mass is 9.87. The van der Waals surface area contributed by atoms with Crippen LogP contribution in [0.3, 0.4) is 0 Å². The maximum Gasteiger partial charge on any atom is 0.470 e. The maximum atomic E-state index is 12.3. The second-order valence-electron chi connectivity index (χ2n) is 5.24. The number of nitrogens with zero attached hydrogens (tertiary/aromatic N) is 2. The van der Waals surface area contributed by atoms with Crippen molar-refractivity contribution in [1.29, 1.82) is 0 Å². The molecule has 19 heavy (non-hydrogen) atoms. The fraction of sp³-hybridized carbons (Fsp3) is 0.385. The summed E-state index contributed by atoms with van der Waals surface area (Å²) in [6, 6.07) is 7.03. The summed E-state index contributed by atoms with van der Waals surface area (Å²) < 4.78 is 41.6. The van der Waals surface area contributed by atoms with Crippen LogP contribution in [0.15, 0.2) is 28.7 Å². The van der Waals surface area contributed by atoms with Gasteiger partial charge >= 0.3 is 12.1 Å². The summed E-state index contributed by atoms with van der Waals surface area (Å²) in [5.41, 5.74) is 1.52. The average Bonchev–Trinajstić information content (AvgIpc) is 2.77. The summed E-state index contributed by atoms with van der Waals surface area (Å²) in [6.45, 7) is 6.16. The third-order valence-electron chi connectivity index (χ3n) is 2.67. The third kappa shape index (κ3) is 2.94. The lowest BCUT2D eigenvalue weighted by Crippen LogP contribution is -2.10. The normalized spacial score (nSPS) is 12.7. The van der Waals surface area contributed by atoms with Crippen molar-refractivity contribution in [3.8, 4) is 11.5 Å². The Morgan fingerprint density at radius 2 is 1.53 bits per heavy atom. The molecule has 0 bridgehead atoms. The Bertz CT molecular complexity index is 565. The number of hydrogen-bond donors (Lipinski definition) is 0. The molecule has 1 aromatic heterocycles. The van der Waals surface area contributed by atoms with Gasteiger partial charge in [-0.1, -0.05) is 32.9 Å². The van der Waals surface area contributed by atoms with Gasteiger partial charge in [0.1, 0.15) is 0 Å². The first-order valence-electron chi connectivity index (χ1n) is 5.69. The lowest BCUT2D eigenvalue weighted by Gasteiger charge is -2.18. The molecule has 0 radical (unpaired) electrons. The molecule has 0 atom stereocenters. The second-order valence-corrected chi connectivity index (χ2v) is 5.24. The zero-order valence-electron chi connectivity index (χ0n) is 10.7. The molecular weight excluding hydrogens is 257 g/mol. The fourth-order valence-corrected chi connectivity index (χ4v) is 1.57. The summed E-state index contributed by atoms with van der Waals surface area (Å²) in [5, 5.41) is 6.40. The first kappa shape index (κ1) is 13.6. The first-order chi connectivity index (χ1) is 8.68. The molecule has 0 fully saturated rings. The molecule has 1 heterocycles. The highest BCUT2D eigenvalue weighted by molar-refractivity contribution is 5.53. The van der Waals surface area contributed by atoms with E-state index < -0.39 is 12.1 Å². The summed E-state index contributed by atoms with van der Waals surface area (Å²) in [5.74, 6) is -1.46. The number of benzene rings is 1. The summed E-state index contributed by atoms with van der Waals surface area (Å²) in [4.78, 5) is 0. The molecular formula is C13H13F3N2O. The molecule has 0 saturated heterocycles. The minimum atomic E-state index is -4.61. The van der Waals surface area contributed by atoms with Crippen molar-refractivity contribution < 1.29 is 17.6 Å². The highest BCUT2D eigenvalue weighted by atomic mass is 19.4. The Balaban J connectivity index is 2.31. The van der Waals surface area contributed by atoms with E-state index in [0.29, 0.717) is 5.56 Å². The van der Waals surface area contributed by atoms with E-state index >= 15 is 0 Å². The average molecular weight is 270 g/mol. The standard InChI is InChI=1S/C13H13F3N2O/c1-12(2,3)9-6-4-8(5-7-9)10-17-18-11(19-10)13(14,15)16/h4-7H,1-3H3. The van der Waals surface area contributed by atoms with Crippen molar-refractivity contribution in [2.75, 3.05) is 0 Å². The van der Waals surface area contributed by atoms with Crippen LogP contribution < -0.4 is 0 Å². The van der Waals surface area contributed by atoms with Crippen LogP contribution in [-0.2, 0) is 11.6 Å². The van der Waals surface area contributed by atoms with Gasteiger partial charge in [-0.25, -0.2) is 0 Å². The lowest BCUT2D eigenvalue weighted by molar-refractivity contribution is -0.156. The number of halogens is 3. The molecule has 2 aromatic rings. The van der Waals surface area contributed by atoms with E-state index in [2.05, 4.69) is 35.4 Å². The molecule has 0 spiro atoms. The molecule has 0 amide bonds. The summed E-state index contributed by atoms with van der Waals surface area (Å²) in [6.07, 6.45) is -4.61. The van der Waals surface area contributed by atoms with Crippen LogP contribution in [-0.4, -0.2) is 10.2 Å². The quantitative estimate of drug-likeness (QED) is 0.784. The molecule has 0 aliphatic carbocycles. The minimum Gasteiger partial charge on any atom is -0.413 e. The highest BCUT2D eigenvalue weighted by Crippen LogP contribution is 2.31. The van der Waals surface area contributed by atoms with E-state index in [4.69, 9.17) is 0 Å². The van der Waals surface area contributed by atoms with Crippen LogP contribution in [0.25, 0.3) is 11.5 Å². The van der Waals surface area contributed by atoms with Crippen LogP contribution >= 0.6 is 0 Å². The molecule has 102 valence electrons. The highest BCUT2D eigenvalue weighted by Gasteiger charge is 2.38. The molecule has 0 saturated carbocycles. The number of aromatic nitrogens is 2. The maximum absolute atomic E-state index is 12.3. The number of alkyl halides is 3. The van der Waals surface area contributed by atoms with Crippen molar-refractivity contribution in [2.45, 2.75) is 32.4 Å². The van der Waals surface area contributed by atoms with E-state index in [0.717, 1.165) is 5.56 Å². The van der Waals surface area contributed by atoms with Gasteiger partial charge in [-0.05, 0) is 23.1 Å². The van der Waals surface area contributed by atoms with E-state index in [1.54, 1.807) is 12.1 Å². The van der Waals surface area contributed by atoms with Gasteiger partial charge in [0.25, 0.3) is 0 Å². The number of rotatable bonds is 1. The van der Waals surface area contributed by atoms with Crippen molar-refractivity contribution in [3.05, 3.63) is 35.7 Å². The van der Waals surface area contributed by atoms with Gasteiger partial charge in [-0.2, -0.15) is 13.2 Å². The van der Waals surface area contributed by atoms with Crippen LogP contribution in [0.5, 0.6) is 0 Å². The zero-order valence-corrected chi connectivity index (χ0v) is 10.7. The summed E-state index contributed by atoms with van der Waals surface area (Å²) in [7, 11) is 0. The second kappa shape index (κ2) is 4.36. The van der Waals surface area contributed by atoms with E-state index in [-0.39, 0.29) is 11.3 Å². The van der Waals surface area contributed by atoms with Gasteiger partial charge in [0.2, 0.25) is 5.89 Å². The van der Waals surface area contributed by atoms with Crippen molar-refractivity contribution >= 4 is 0 Å².